The molecule has 1 aliphatic carbocycles. The number of likely N-dealkylation sites (N-methyl/N-ethyl adjacent to an activating group) is 1. The van der Waals surface area contributed by atoms with Crippen LogP contribution in [0.5, 0.6) is 0 Å². The van der Waals surface area contributed by atoms with E-state index in [4.69, 9.17) is 0 Å². The van der Waals surface area contributed by atoms with Crippen molar-refractivity contribution < 1.29 is 0 Å². The maximum Gasteiger partial charge on any atom is 0.0339 e. The molecular formula is C8H16N2. The topological polar surface area (TPSA) is 24.1 Å². The lowest BCUT2D eigenvalue weighted by molar-refractivity contribution is 0.411. The zero-order valence-electron chi connectivity index (χ0n) is 6.78. The standard InChI is InChI=1S/C8H16N2/c1-6-5-10-8(3-4-8)7(6)9-2/h6-7,9-10H,3-5H2,1-2H3. The van der Waals surface area contributed by atoms with Crippen molar-refractivity contribution in [2.24, 2.45) is 5.92 Å². The monoisotopic (exact) mass is 140 g/mol. The minimum absolute atomic E-state index is 0.522. The van der Waals surface area contributed by atoms with Gasteiger partial charge in [0.15, 0.2) is 0 Å². The van der Waals surface area contributed by atoms with E-state index in [2.05, 4.69) is 24.6 Å². The number of hydrogen-bond donors (Lipinski definition) is 2. The molecule has 2 heteroatoms. The van der Waals surface area contributed by atoms with E-state index < -0.39 is 0 Å². The molecule has 58 valence electrons. The molecular weight excluding hydrogens is 124 g/mol. The van der Waals surface area contributed by atoms with Crippen molar-refractivity contribution in [1.82, 2.24) is 10.6 Å². The van der Waals surface area contributed by atoms with Gasteiger partial charge in [-0.2, -0.15) is 0 Å². The highest BCUT2D eigenvalue weighted by Crippen LogP contribution is 2.44. The second-order valence-electron chi connectivity index (χ2n) is 3.78. The van der Waals surface area contributed by atoms with Gasteiger partial charge in [-0.15, -0.1) is 0 Å². The Labute approximate surface area is 62.4 Å². The molecule has 2 rings (SSSR count). The molecule has 1 aliphatic heterocycles. The van der Waals surface area contributed by atoms with Gasteiger partial charge in [-0.25, -0.2) is 0 Å². The molecule has 10 heavy (non-hydrogen) atoms. The maximum absolute atomic E-state index is 3.60. The van der Waals surface area contributed by atoms with Crippen LogP contribution in [0.4, 0.5) is 0 Å². The summed E-state index contributed by atoms with van der Waals surface area (Å²) < 4.78 is 0. The molecule has 1 saturated heterocycles. The minimum Gasteiger partial charge on any atom is -0.315 e. The largest absolute Gasteiger partial charge is 0.315 e. The summed E-state index contributed by atoms with van der Waals surface area (Å²) in [6.07, 6.45) is 2.76. The maximum atomic E-state index is 3.60. The summed E-state index contributed by atoms with van der Waals surface area (Å²) in [6.45, 7) is 3.52. The van der Waals surface area contributed by atoms with Crippen LogP contribution in [0.3, 0.4) is 0 Å². The first kappa shape index (κ1) is 6.62. The predicted molar refractivity (Wildman–Crippen MR) is 42.0 cm³/mol. The van der Waals surface area contributed by atoms with Crippen molar-refractivity contribution in [1.29, 1.82) is 0 Å². The lowest BCUT2D eigenvalue weighted by Gasteiger charge is -2.20. The molecule has 0 aromatic rings. The fourth-order valence-corrected chi connectivity index (χ4v) is 2.32. The quantitative estimate of drug-likeness (QED) is 0.549. The Bertz CT molecular complexity index is 140. The molecule has 0 radical (unpaired) electrons. The van der Waals surface area contributed by atoms with E-state index in [1.54, 1.807) is 0 Å². The van der Waals surface area contributed by atoms with E-state index in [-0.39, 0.29) is 0 Å². The van der Waals surface area contributed by atoms with Crippen LogP contribution in [0.25, 0.3) is 0 Å². The van der Waals surface area contributed by atoms with Crippen molar-refractivity contribution >= 4 is 0 Å². The Hall–Kier alpha value is -0.0800. The smallest absolute Gasteiger partial charge is 0.0339 e. The highest BCUT2D eigenvalue weighted by Gasteiger charge is 2.54. The van der Waals surface area contributed by atoms with Crippen LogP contribution in [0.15, 0.2) is 0 Å². The normalized spacial score (nSPS) is 42.6. The molecule has 0 aromatic carbocycles. The van der Waals surface area contributed by atoms with Crippen molar-refractivity contribution in [3.63, 3.8) is 0 Å². The molecule has 0 aromatic heterocycles. The third-order valence-corrected chi connectivity index (χ3v) is 3.04. The summed E-state index contributed by atoms with van der Waals surface area (Å²) >= 11 is 0. The molecule has 2 unspecified atom stereocenters. The first-order chi connectivity index (χ1) is 4.78. The van der Waals surface area contributed by atoms with Gasteiger partial charge in [0.05, 0.1) is 0 Å². The van der Waals surface area contributed by atoms with E-state index in [9.17, 15) is 0 Å². The fourth-order valence-electron chi connectivity index (χ4n) is 2.32. The van der Waals surface area contributed by atoms with Crippen LogP contribution in [0.2, 0.25) is 0 Å². The highest BCUT2D eigenvalue weighted by atomic mass is 15.1. The lowest BCUT2D eigenvalue weighted by Crippen LogP contribution is -2.42. The number of rotatable bonds is 1. The van der Waals surface area contributed by atoms with E-state index in [0.717, 1.165) is 12.0 Å². The van der Waals surface area contributed by atoms with Crippen molar-refractivity contribution in [2.45, 2.75) is 31.3 Å². The van der Waals surface area contributed by atoms with Gasteiger partial charge in [0.25, 0.3) is 0 Å². The minimum atomic E-state index is 0.522. The Kier molecular flexibility index (Phi) is 1.29. The SMILES string of the molecule is CNC1C(C)CNC12CC2. The molecule has 2 nitrogen and oxygen atoms in total. The van der Waals surface area contributed by atoms with Crippen LogP contribution in [0.1, 0.15) is 19.8 Å². The van der Waals surface area contributed by atoms with Crippen LogP contribution >= 0.6 is 0 Å². The van der Waals surface area contributed by atoms with E-state index in [1.807, 2.05) is 0 Å². The third-order valence-electron chi connectivity index (χ3n) is 3.04. The Morgan fingerprint density at radius 2 is 2.20 bits per heavy atom. The van der Waals surface area contributed by atoms with Gasteiger partial charge in [-0.05, 0) is 32.4 Å². The van der Waals surface area contributed by atoms with Gasteiger partial charge < -0.3 is 10.6 Å². The summed E-state index contributed by atoms with van der Waals surface area (Å²) in [5.41, 5.74) is 0.522. The summed E-state index contributed by atoms with van der Waals surface area (Å²) in [4.78, 5) is 0. The van der Waals surface area contributed by atoms with Gasteiger partial charge in [0.2, 0.25) is 0 Å². The highest BCUT2D eigenvalue weighted by molar-refractivity contribution is 5.15. The van der Waals surface area contributed by atoms with Crippen LogP contribution in [0, 0.1) is 5.92 Å². The number of nitrogens with one attached hydrogen (secondary N) is 2. The second-order valence-corrected chi connectivity index (χ2v) is 3.78. The van der Waals surface area contributed by atoms with Gasteiger partial charge in [0, 0.05) is 11.6 Å². The first-order valence-electron chi connectivity index (χ1n) is 4.21. The molecule has 2 N–H and O–H groups in total. The van der Waals surface area contributed by atoms with Crippen molar-refractivity contribution in [2.75, 3.05) is 13.6 Å². The van der Waals surface area contributed by atoms with Crippen LogP contribution in [-0.4, -0.2) is 25.2 Å². The van der Waals surface area contributed by atoms with Crippen LogP contribution in [-0.2, 0) is 0 Å². The van der Waals surface area contributed by atoms with E-state index in [0.29, 0.717) is 5.54 Å². The number of hydrogen-bond acceptors (Lipinski definition) is 2. The molecule has 0 amide bonds. The molecule has 1 spiro atoms. The van der Waals surface area contributed by atoms with Crippen LogP contribution < -0.4 is 10.6 Å². The summed E-state index contributed by atoms with van der Waals surface area (Å²) in [7, 11) is 2.08. The summed E-state index contributed by atoms with van der Waals surface area (Å²) in [5.74, 6) is 0.812. The van der Waals surface area contributed by atoms with Crippen molar-refractivity contribution in [3.8, 4) is 0 Å². The summed E-state index contributed by atoms with van der Waals surface area (Å²) in [6, 6.07) is 0.729. The van der Waals surface area contributed by atoms with Gasteiger partial charge >= 0.3 is 0 Å². The predicted octanol–water partition coefficient (Wildman–Crippen LogP) is 0.346. The summed E-state index contributed by atoms with van der Waals surface area (Å²) in [5, 5.41) is 7.00. The second kappa shape index (κ2) is 1.95. The average Bonchev–Trinajstić information content (AvgIpc) is 2.60. The molecule has 1 heterocycles. The Morgan fingerprint density at radius 3 is 2.60 bits per heavy atom. The lowest BCUT2D eigenvalue weighted by atomic mass is 9.99. The average molecular weight is 140 g/mol. The molecule has 1 saturated carbocycles. The van der Waals surface area contributed by atoms with E-state index >= 15 is 0 Å². The Balaban J connectivity index is 2.10. The molecule has 0 bridgehead atoms. The van der Waals surface area contributed by atoms with Gasteiger partial charge in [0.1, 0.15) is 0 Å². The van der Waals surface area contributed by atoms with E-state index in [1.165, 1.54) is 19.4 Å². The zero-order valence-corrected chi connectivity index (χ0v) is 6.78. The molecule has 2 aliphatic rings. The molecule has 2 atom stereocenters. The first-order valence-corrected chi connectivity index (χ1v) is 4.21. The van der Waals surface area contributed by atoms with Gasteiger partial charge in [-0.1, -0.05) is 6.92 Å². The molecule has 2 fully saturated rings. The van der Waals surface area contributed by atoms with Gasteiger partial charge in [-0.3, -0.25) is 0 Å². The fraction of sp³-hybridized carbons (Fsp3) is 1.00. The third kappa shape index (κ3) is 0.722. The Morgan fingerprint density at radius 1 is 1.50 bits per heavy atom. The zero-order chi connectivity index (χ0) is 7.19. The van der Waals surface area contributed by atoms with Crippen molar-refractivity contribution in [3.05, 3.63) is 0 Å².